The summed E-state index contributed by atoms with van der Waals surface area (Å²) < 4.78 is 5.70. The molecule has 1 saturated carbocycles. The Bertz CT molecular complexity index is 1040. The van der Waals surface area contributed by atoms with Gasteiger partial charge < -0.3 is 20.1 Å². The number of ether oxygens (including phenoxy) is 1. The topological polar surface area (TPSA) is 95.9 Å². The standard InChI is InChI=1S/C28H34N2O5/c1-18(2)30(16-15-26(31)32)27(33)23-13-7-8-14-25(23)29-28(34)35-17-24-21-11-5-3-9-19(21)20-10-4-6-12-22(20)24/h3-6,9-12,18,23-25H,7-8,13-17H2,1-2H3,(H,29,34)(H,31,32)/t23-,25+/m1/s1. The molecule has 0 radical (unpaired) electrons. The smallest absolute Gasteiger partial charge is 0.407 e. The van der Waals surface area contributed by atoms with E-state index in [0.717, 1.165) is 24.0 Å². The number of benzene rings is 2. The molecule has 7 nitrogen and oxygen atoms in total. The number of alkyl carbamates (subject to hydrolysis) is 1. The van der Waals surface area contributed by atoms with Gasteiger partial charge in [-0.1, -0.05) is 61.4 Å². The average molecular weight is 479 g/mol. The second kappa shape index (κ2) is 10.9. The molecule has 2 aromatic rings. The van der Waals surface area contributed by atoms with Crippen LogP contribution in [0, 0.1) is 5.92 Å². The zero-order valence-electron chi connectivity index (χ0n) is 20.4. The predicted molar refractivity (Wildman–Crippen MR) is 133 cm³/mol. The second-order valence-corrected chi connectivity index (χ2v) is 9.74. The van der Waals surface area contributed by atoms with Crippen LogP contribution in [-0.4, -0.2) is 53.2 Å². The van der Waals surface area contributed by atoms with Gasteiger partial charge in [0.15, 0.2) is 0 Å². The van der Waals surface area contributed by atoms with Crippen LogP contribution in [0.2, 0.25) is 0 Å². The Balaban J connectivity index is 1.41. The maximum absolute atomic E-state index is 13.3. The normalized spacial score (nSPS) is 19.1. The Hall–Kier alpha value is -3.35. The van der Waals surface area contributed by atoms with Crippen LogP contribution in [0.25, 0.3) is 11.1 Å². The molecule has 4 rings (SSSR count). The quantitative estimate of drug-likeness (QED) is 0.568. The van der Waals surface area contributed by atoms with E-state index in [1.807, 2.05) is 38.1 Å². The van der Waals surface area contributed by atoms with E-state index >= 15 is 0 Å². The van der Waals surface area contributed by atoms with E-state index in [9.17, 15) is 14.4 Å². The summed E-state index contributed by atoms with van der Waals surface area (Å²) in [4.78, 5) is 38.8. The SMILES string of the molecule is CC(C)N(CCC(=O)O)C(=O)[C@@H]1CCCC[C@@H]1NC(=O)OCC1c2ccccc2-c2ccccc21. The number of fused-ring (bicyclic) bond motifs is 3. The molecule has 2 N–H and O–H groups in total. The van der Waals surface area contributed by atoms with Crippen molar-refractivity contribution in [2.45, 2.75) is 64.0 Å². The summed E-state index contributed by atoms with van der Waals surface area (Å²) in [6.45, 7) is 4.16. The second-order valence-electron chi connectivity index (χ2n) is 9.74. The van der Waals surface area contributed by atoms with E-state index < -0.39 is 12.1 Å². The van der Waals surface area contributed by atoms with Gasteiger partial charge in [0.2, 0.25) is 5.91 Å². The van der Waals surface area contributed by atoms with E-state index in [0.29, 0.717) is 12.8 Å². The predicted octanol–water partition coefficient (Wildman–Crippen LogP) is 4.80. The van der Waals surface area contributed by atoms with Crippen molar-refractivity contribution in [2.24, 2.45) is 5.92 Å². The lowest BCUT2D eigenvalue weighted by Crippen LogP contribution is -2.51. The highest BCUT2D eigenvalue weighted by atomic mass is 16.5. The highest BCUT2D eigenvalue weighted by molar-refractivity contribution is 5.82. The lowest BCUT2D eigenvalue weighted by Gasteiger charge is -2.36. The van der Waals surface area contributed by atoms with E-state index in [1.54, 1.807) is 4.90 Å². The van der Waals surface area contributed by atoms with Gasteiger partial charge in [0.1, 0.15) is 6.61 Å². The minimum absolute atomic E-state index is 0.0237. The number of nitrogens with zero attached hydrogens (tertiary/aromatic N) is 1. The van der Waals surface area contributed by atoms with Crippen molar-refractivity contribution >= 4 is 18.0 Å². The zero-order valence-corrected chi connectivity index (χ0v) is 20.4. The summed E-state index contributed by atoms with van der Waals surface area (Å²) in [5, 5.41) is 12.0. The molecule has 2 aliphatic rings. The largest absolute Gasteiger partial charge is 0.481 e. The number of carbonyl (C=O) groups is 3. The number of amides is 2. The molecule has 0 heterocycles. The number of nitrogens with one attached hydrogen (secondary N) is 1. The van der Waals surface area contributed by atoms with Crippen molar-refractivity contribution < 1.29 is 24.2 Å². The van der Waals surface area contributed by atoms with Crippen molar-refractivity contribution in [2.75, 3.05) is 13.2 Å². The van der Waals surface area contributed by atoms with Gasteiger partial charge in [-0.2, -0.15) is 0 Å². The fraction of sp³-hybridized carbons (Fsp3) is 0.464. The summed E-state index contributed by atoms with van der Waals surface area (Å²) >= 11 is 0. The number of carboxylic acid groups (broad SMARTS) is 1. The first-order valence-corrected chi connectivity index (χ1v) is 12.5. The third-order valence-corrected chi connectivity index (χ3v) is 7.20. The Kier molecular flexibility index (Phi) is 7.73. The Morgan fingerprint density at radius 1 is 1.00 bits per heavy atom. The molecule has 0 aliphatic heterocycles. The lowest BCUT2D eigenvalue weighted by atomic mass is 9.83. The van der Waals surface area contributed by atoms with Gasteiger partial charge in [0.25, 0.3) is 0 Å². The summed E-state index contributed by atoms with van der Waals surface area (Å²) in [7, 11) is 0. The van der Waals surface area contributed by atoms with Crippen molar-refractivity contribution in [3.8, 4) is 11.1 Å². The number of carbonyl (C=O) groups excluding carboxylic acids is 2. The Morgan fingerprint density at radius 2 is 1.60 bits per heavy atom. The van der Waals surface area contributed by atoms with Crippen LogP contribution >= 0.6 is 0 Å². The van der Waals surface area contributed by atoms with Crippen molar-refractivity contribution in [1.82, 2.24) is 10.2 Å². The molecule has 2 amide bonds. The monoisotopic (exact) mass is 478 g/mol. The maximum Gasteiger partial charge on any atom is 0.407 e. The van der Waals surface area contributed by atoms with E-state index in [2.05, 4.69) is 29.6 Å². The van der Waals surface area contributed by atoms with Crippen LogP contribution < -0.4 is 5.32 Å². The molecular weight excluding hydrogens is 444 g/mol. The minimum atomic E-state index is -0.930. The third-order valence-electron chi connectivity index (χ3n) is 7.20. The number of hydrogen-bond acceptors (Lipinski definition) is 4. The van der Waals surface area contributed by atoms with Gasteiger partial charge in [-0.05, 0) is 48.9 Å². The molecule has 0 aromatic heterocycles. The van der Waals surface area contributed by atoms with Crippen LogP contribution in [-0.2, 0) is 14.3 Å². The molecule has 0 saturated heterocycles. The van der Waals surface area contributed by atoms with Crippen molar-refractivity contribution in [3.63, 3.8) is 0 Å². The number of aliphatic carboxylic acids is 1. The van der Waals surface area contributed by atoms with Crippen LogP contribution in [0.5, 0.6) is 0 Å². The zero-order chi connectivity index (χ0) is 24.9. The van der Waals surface area contributed by atoms with Gasteiger partial charge in [-0.3, -0.25) is 9.59 Å². The molecule has 0 spiro atoms. The first-order chi connectivity index (χ1) is 16.9. The number of hydrogen-bond donors (Lipinski definition) is 2. The molecular formula is C28H34N2O5. The molecule has 0 bridgehead atoms. The molecule has 35 heavy (non-hydrogen) atoms. The van der Waals surface area contributed by atoms with Gasteiger partial charge in [-0.25, -0.2) is 4.79 Å². The first kappa shape index (κ1) is 24.8. The van der Waals surface area contributed by atoms with Crippen LogP contribution in [0.1, 0.15) is 63.0 Å². The summed E-state index contributed by atoms with van der Waals surface area (Å²) in [6, 6.07) is 15.9. The molecule has 7 heteroatoms. The van der Waals surface area contributed by atoms with Crippen LogP contribution in [0.3, 0.4) is 0 Å². The Labute approximate surface area is 206 Å². The van der Waals surface area contributed by atoms with E-state index in [4.69, 9.17) is 9.84 Å². The van der Waals surface area contributed by atoms with Crippen molar-refractivity contribution in [1.29, 1.82) is 0 Å². The highest BCUT2D eigenvalue weighted by Gasteiger charge is 2.36. The number of rotatable bonds is 8. The molecule has 2 aromatic carbocycles. The maximum atomic E-state index is 13.3. The van der Waals surface area contributed by atoms with Gasteiger partial charge in [0.05, 0.1) is 12.3 Å². The number of carboxylic acids is 1. The summed E-state index contributed by atoms with van der Waals surface area (Å²) in [5.74, 6) is -1.42. The highest BCUT2D eigenvalue weighted by Crippen LogP contribution is 2.44. The van der Waals surface area contributed by atoms with Crippen LogP contribution in [0.4, 0.5) is 4.79 Å². The fourth-order valence-electron chi connectivity index (χ4n) is 5.44. The summed E-state index contributed by atoms with van der Waals surface area (Å²) in [5.41, 5.74) is 4.65. The molecule has 1 fully saturated rings. The lowest BCUT2D eigenvalue weighted by molar-refractivity contribution is -0.141. The third kappa shape index (κ3) is 5.50. The molecule has 2 aliphatic carbocycles. The fourth-order valence-corrected chi connectivity index (χ4v) is 5.44. The molecule has 0 unspecified atom stereocenters. The van der Waals surface area contributed by atoms with Gasteiger partial charge >= 0.3 is 12.1 Å². The molecule has 2 atom stereocenters. The first-order valence-electron chi connectivity index (χ1n) is 12.5. The average Bonchev–Trinajstić information content (AvgIpc) is 3.16. The minimum Gasteiger partial charge on any atom is -0.481 e. The van der Waals surface area contributed by atoms with Crippen molar-refractivity contribution in [3.05, 3.63) is 59.7 Å². The summed E-state index contributed by atoms with van der Waals surface area (Å²) in [6.07, 6.45) is 2.59. The molecule has 186 valence electrons. The Morgan fingerprint density at radius 3 is 2.20 bits per heavy atom. The van der Waals surface area contributed by atoms with Gasteiger partial charge in [-0.15, -0.1) is 0 Å². The van der Waals surface area contributed by atoms with E-state index in [-0.39, 0.29) is 49.4 Å². The van der Waals surface area contributed by atoms with Gasteiger partial charge in [0, 0.05) is 24.5 Å². The van der Waals surface area contributed by atoms with E-state index in [1.165, 1.54) is 11.1 Å². The van der Waals surface area contributed by atoms with Crippen LogP contribution in [0.15, 0.2) is 48.5 Å².